The first-order chi connectivity index (χ1) is 6.85. The lowest BCUT2D eigenvalue weighted by Gasteiger charge is -2.38. The van der Waals surface area contributed by atoms with Gasteiger partial charge in [0, 0.05) is 19.6 Å². The Labute approximate surface area is 85.9 Å². The largest absolute Gasteiger partial charge is 0.377 e. The van der Waals surface area contributed by atoms with Gasteiger partial charge in [-0.25, -0.2) is 0 Å². The smallest absolute Gasteiger partial charge is 0.0707 e. The average molecular weight is 199 g/mol. The number of nitrogens with two attached hydrogens (primary N) is 1. The summed E-state index contributed by atoms with van der Waals surface area (Å²) in [6.07, 6.45) is 7.64. The maximum absolute atomic E-state index is 5.93. The summed E-state index contributed by atoms with van der Waals surface area (Å²) in [5.41, 5.74) is 5.61. The Kier molecular flexibility index (Phi) is 3.42. The predicted octanol–water partition coefficient (Wildman–Crippen LogP) is 1.45. The van der Waals surface area contributed by atoms with Crippen molar-refractivity contribution in [3.63, 3.8) is 0 Å². The Morgan fingerprint density at radius 1 is 1.36 bits per heavy atom. The fourth-order valence-corrected chi connectivity index (χ4v) is 2.73. The summed E-state index contributed by atoms with van der Waals surface area (Å²) in [6, 6.07) is 0. The van der Waals surface area contributed by atoms with E-state index in [1.165, 1.54) is 25.7 Å². The summed E-state index contributed by atoms with van der Waals surface area (Å²) < 4.78 is 11.6. The molecule has 1 saturated heterocycles. The van der Waals surface area contributed by atoms with E-state index in [9.17, 15) is 0 Å². The molecule has 0 bridgehead atoms. The molecule has 3 heteroatoms. The summed E-state index contributed by atoms with van der Waals surface area (Å²) in [7, 11) is 0. The van der Waals surface area contributed by atoms with Gasteiger partial charge >= 0.3 is 0 Å². The van der Waals surface area contributed by atoms with Crippen LogP contribution in [0.3, 0.4) is 0 Å². The Bertz CT molecular complexity index is 178. The molecule has 0 radical (unpaired) electrons. The molecule has 1 heterocycles. The second-order valence-corrected chi connectivity index (χ2v) is 4.51. The standard InChI is InChI=1S/C11H21NO2/c12-6-8-13-10-3-7-14-11(9-10)4-1-2-5-11/h10H,1-9,12H2. The summed E-state index contributed by atoms with van der Waals surface area (Å²) in [5.74, 6) is 0. The van der Waals surface area contributed by atoms with Gasteiger partial charge in [-0.05, 0) is 19.3 Å². The van der Waals surface area contributed by atoms with E-state index in [4.69, 9.17) is 15.2 Å². The number of ether oxygens (including phenoxy) is 2. The van der Waals surface area contributed by atoms with Crippen molar-refractivity contribution in [3.8, 4) is 0 Å². The zero-order valence-corrected chi connectivity index (χ0v) is 8.84. The highest BCUT2D eigenvalue weighted by atomic mass is 16.5. The summed E-state index contributed by atoms with van der Waals surface area (Å²) in [4.78, 5) is 0. The molecule has 1 atom stereocenters. The van der Waals surface area contributed by atoms with Crippen LogP contribution in [-0.4, -0.2) is 31.5 Å². The molecule has 2 rings (SSSR count). The third-order valence-corrected chi connectivity index (χ3v) is 3.43. The molecule has 0 aromatic heterocycles. The topological polar surface area (TPSA) is 44.5 Å². The van der Waals surface area contributed by atoms with Crippen LogP contribution in [0.1, 0.15) is 38.5 Å². The van der Waals surface area contributed by atoms with Crippen molar-refractivity contribution >= 4 is 0 Å². The first-order valence-corrected chi connectivity index (χ1v) is 5.80. The fourth-order valence-electron chi connectivity index (χ4n) is 2.73. The zero-order chi connectivity index (χ0) is 9.86. The molecular formula is C11H21NO2. The Hall–Kier alpha value is -0.120. The van der Waals surface area contributed by atoms with Gasteiger partial charge in [0.2, 0.25) is 0 Å². The van der Waals surface area contributed by atoms with Crippen molar-refractivity contribution in [1.82, 2.24) is 0 Å². The van der Waals surface area contributed by atoms with E-state index in [1.807, 2.05) is 0 Å². The van der Waals surface area contributed by atoms with Crippen LogP contribution in [0.2, 0.25) is 0 Å². The third-order valence-electron chi connectivity index (χ3n) is 3.43. The van der Waals surface area contributed by atoms with Crippen LogP contribution in [0, 0.1) is 0 Å². The van der Waals surface area contributed by atoms with Crippen LogP contribution in [0.25, 0.3) is 0 Å². The Balaban J connectivity index is 1.83. The quantitative estimate of drug-likeness (QED) is 0.748. The van der Waals surface area contributed by atoms with E-state index in [0.717, 1.165) is 19.4 Å². The highest BCUT2D eigenvalue weighted by Gasteiger charge is 2.40. The lowest BCUT2D eigenvalue weighted by atomic mass is 9.90. The van der Waals surface area contributed by atoms with Gasteiger partial charge in [0.05, 0.1) is 18.3 Å². The highest BCUT2D eigenvalue weighted by Crippen LogP contribution is 2.40. The van der Waals surface area contributed by atoms with Gasteiger partial charge in [0.15, 0.2) is 0 Å². The number of rotatable bonds is 3. The van der Waals surface area contributed by atoms with Gasteiger partial charge in [0.1, 0.15) is 0 Å². The minimum absolute atomic E-state index is 0.178. The van der Waals surface area contributed by atoms with Crippen LogP contribution in [0.15, 0.2) is 0 Å². The van der Waals surface area contributed by atoms with Gasteiger partial charge in [-0.2, -0.15) is 0 Å². The fraction of sp³-hybridized carbons (Fsp3) is 1.00. The first-order valence-electron chi connectivity index (χ1n) is 5.80. The van der Waals surface area contributed by atoms with E-state index < -0.39 is 0 Å². The lowest BCUT2D eigenvalue weighted by Crippen LogP contribution is -2.41. The van der Waals surface area contributed by atoms with Gasteiger partial charge in [-0.15, -0.1) is 0 Å². The summed E-state index contributed by atoms with van der Waals surface area (Å²) in [5, 5.41) is 0. The minimum Gasteiger partial charge on any atom is -0.377 e. The third kappa shape index (κ3) is 2.27. The van der Waals surface area contributed by atoms with E-state index in [-0.39, 0.29) is 5.60 Å². The summed E-state index contributed by atoms with van der Waals surface area (Å²) in [6.45, 7) is 2.19. The molecule has 2 N–H and O–H groups in total. The minimum atomic E-state index is 0.178. The normalized spacial score (nSPS) is 31.1. The second kappa shape index (κ2) is 4.60. The molecule has 3 nitrogen and oxygen atoms in total. The number of hydrogen-bond donors (Lipinski definition) is 1. The van der Waals surface area contributed by atoms with Crippen LogP contribution >= 0.6 is 0 Å². The Morgan fingerprint density at radius 3 is 2.86 bits per heavy atom. The molecular weight excluding hydrogens is 178 g/mol. The Morgan fingerprint density at radius 2 is 2.14 bits per heavy atom. The van der Waals surface area contributed by atoms with Gasteiger partial charge in [-0.1, -0.05) is 12.8 Å². The highest BCUT2D eigenvalue weighted by molar-refractivity contribution is 4.91. The first kappa shape index (κ1) is 10.4. The van der Waals surface area contributed by atoms with Crippen LogP contribution in [0.4, 0.5) is 0 Å². The van der Waals surface area contributed by atoms with Gasteiger partial charge in [0.25, 0.3) is 0 Å². The number of hydrogen-bond acceptors (Lipinski definition) is 3. The molecule has 0 aromatic rings. The summed E-state index contributed by atoms with van der Waals surface area (Å²) >= 11 is 0. The maximum atomic E-state index is 5.93. The lowest BCUT2D eigenvalue weighted by molar-refractivity contribution is -0.129. The SMILES string of the molecule is NCCOC1CCOC2(CCCC2)C1. The molecule has 2 fully saturated rings. The molecule has 0 aromatic carbocycles. The molecule has 0 amide bonds. The molecule has 1 aliphatic heterocycles. The molecule has 82 valence electrons. The molecule has 1 spiro atoms. The second-order valence-electron chi connectivity index (χ2n) is 4.51. The van der Waals surface area contributed by atoms with Gasteiger partial charge < -0.3 is 15.2 Å². The van der Waals surface area contributed by atoms with Crippen molar-refractivity contribution < 1.29 is 9.47 Å². The van der Waals surface area contributed by atoms with Crippen molar-refractivity contribution in [3.05, 3.63) is 0 Å². The van der Waals surface area contributed by atoms with E-state index >= 15 is 0 Å². The monoisotopic (exact) mass is 199 g/mol. The molecule has 2 aliphatic rings. The van der Waals surface area contributed by atoms with Crippen LogP contribution in [0.5, 0.6) is 0 Å². The predicted molar refractivity (Wildman–Crippen MR) is 55.2 cm³/mol. The molecule has 1 saturated carbocycles. The van der Waals surface area contributed by atoms with E-state index in [2.05, 4.69) is 0 Å². The van der Waals surface area contributed by atoms with Gasteiger partial charge in [-0.3, -0.25) is 0 Å². The molecule has 1 unspecified atom stereocenters. The van der Waals surface area contributed by atoms with E-state index in [1.54, 1.807) is 0 Å². The van der Waals surface area contributed by atoms with Crippen molar-refractivity contribution in [1.29, 1.82) is 0 Å². The van der Waals surface area contributed by atoms with Crippen molar-refractivity contribution in [2.45, 2.75) is 50.2 Å². The maximum Gasteiger partial charge on any atom is 0.0707 e. The van der Waals surface area contributed by atoms with E-state index in [0.29, 0.717) is 19.3 Å². The molecule has 1 aliphatic carbocycles. The van der Waals surface area contributed by atoms with Crippen molar-refractivity contribution in [2.75, 3.05) is 19.8 Å². The average Bonchev–Trinajstić information content (AvgIpc) is 2.63. The molecule has 14 heavy (non-hydrogen) atoms. The van der Waals surface area contributed by atoms with Crippen molar-refractivity contribution in [2.24, 2.45) is 5.73 Å². The van der Waals surface area contributed by atoms with Crippen LogP contribution in [-0.2, 0) is 9.47 Å². The van der Waals surface area contributed by atoms with Crippen LogP contribution < -0.4 is 5.73 Å². The zero-order valence-electron chi connectivity index (χ0n) is 8.84.